The van der Waals surface area contributed by atoms with Crippen molar-refractivity contribution in [1.82, 2.24) is 0 Å². The molecule has 16 heavy (non-hydrogen) atoms. The van der Waals surface area contributed by atoms with Crippen LogP contribution in [0.4, 0.5) is 0 Å². The van der Waals surface area contributed by atoms with Crippen LogP contribution in [0.2, 0.25) is 0 Å². The molecule has 3 unspecified atom stereocenters. The van der Waals surface area contributed by atoms with Gasteiger partial charge >= 0.3 is 5.97 Å². The third-order valence-corrected chi connectivity index (χ3v) is 2.38. The van der Waals surface area contributed by atoms with Gasteiger partial charge in [0.2, 0.25) is 0 Å². The molecule has 86 valence electrons. The minimum absolute atomic E-state index is 0.256. The summed E-state index contributed by atoms with van der Waals surface area (Å²) >= 11 is 0. The highest BCUT2D eigenvalue weighted by molar-refractivity contribution is 5.69. The van der Waals surface area contributed by atoms with Gasteiger partial charge in [0.15, 0.2) is 0 Å². The molecule has 0 amide bonds. The maximum Gasteiger partial charge on any atom is 0.306 e. The van der Waals surface area contributed by atoms with Crippen molar-refractivity contribution in [3.8, 4) is 0 Å². The van der Waals surface area contributed by atoms with Gasteiger partial charge in [-0.25, -0.2) is 0 Å². The van der Waals surface area contributed by atoms with E-state index in [4.69, 9.17) is 12.2 Å². The molecular weight excluding hydrogens is 204 g/mol. The smallest absolute Gasteiger partial charge is 0.306 e. The molecule has 0 spiro atoms. The van der Waals surface area contributed by atoms with Crippen molar-refractivity contribution < 1.29 is 17.0 Å². The molecule has 1 aromatic carbocycles. The average molecular weight is 222 g/mol. The van der Waals surface area contributed by atoms with Crippen LogP contribution in [0, 0.1) is 0 Å². The van der Waals surface area contributed by atoms with Gasteiger partial charge in [0.1, 0.15) is 6.10 Å². The first kappa shape index (κ1) is 8.76. The predicted octanol–water partition coefficient (Wildman–Crippen LogP) is 1.95. The van der Waals surface area contributed by atoms with Gasteiger partial charge in [0.05, 0.1) is 13.2 Å². The minimum atomic E-state index is -1.21. The van der Waals surface area contributed by atoms with E-state index in [0.29, 0.717) is 25.2 Å². The van der Waals surface area contributed by atoms with Crippen molar-refractivity contribution in [2.45, 2.75) is 25.3 Å². The molecule has 2 rings (SSSR count). The normalized spacial score (nSPS) is 25.4. The third kappa shape index (κ3) is 3.35. The molecule has 1 saturated heterocycles. The Morgan fingerprint density at radius 2 is 2.31 bits per heavy atom. The zero-order valence-corrected chi connectivity index (χ0v) is 8.96. The second kappa shape index (κ2) is 5.66. The molecule has 0 radical (unpaired) electrons. The topological polar surface area (TPSA) is 35.5 Å². The Morgan fingerprint density at radius 3 is 3.00 bits per heavy atom. The fraction of sp³-hybridized carbons (Fsp3) is 0.462. The van der Waals surface area contributed by atoms with Crippen LogP contribution in [0.3, 0.4) is 0 Å². The fourth-order valence-corrected chi connectivity index (χ4v) is 1.54. The Balaban J connectivity index is 1.93. The fourth-order valence-electron chi connectivity index (χ4n) is 1.54. The van der Waals surface area contributed by atoms with E-state index in [-0.39, 0.29) is 6.10 Å². The molecule has 1 aliphatic rings. The molecule has 3 heteroatoms. The molecule has 1 aromatic rings. The van der Waals surface area contributed by atoms with Gasteiger partial charge in [-0.2, -0.15) is 0 Å². The van der Waals surface area contributed by atoms with Crippen LogP contribution in [0.1, 0.15) is 21.1 Å². The zero-order chi connectivity index (χ0) is 13.0. The maximum absolute atomic E-state index is 11.7. The summed E-state index contributed by atoms with van der Waals surface area (Å²) in [5.74, 6) is -0.644. The summed E-state index contributed by atoms with van der Waals surface area (Å²) in [7, 11) is 0. The van der Waals surface area contributed by atoms with Crippen LogP contribution in [0.25, 0.3) is 0 Å². The van der Waals surface area contributed by atoms with Gasteiger partial charge in [-0.15, -0.1) is 0 Å². The van der Waals surface area contributed by atoms with Crippen LogP contribution in [-0.2, 0) is 20.7 Å². The highest BCUT2D eigenvalue weighted by Gasteiger charge is 2.19. The monoisotopic (exact) mass is 222 g/mol. The minimum Gasteiger partial charge on any atom is -0.460 e. The van der Waals surface area contributed by atoms with Gasteiger partial charge < -0.3 is 9.47 Å². The molecule has 1 aliphatic heterocycles. The van der Waals surface area contributed by atoms with Crippen molar-refractivity contribution in [3.05, 3.63) is 35.9 Å². The van der Waals surface area contributed by atoms with Crippen LogP contribution < -0.4 is 0 Å². The van der Waals surface area contributed by atoms with Gasteiger partial charge in [-0.05, 0) is 12.0 Å². The Hall–Kier alpha value is -1.35. The third-order valence-electron chi connectivity index (χ3n) is 2.38. The Bertz CT molecular complexity index is 390. The second-order valence-corrected chi connectivity index (χ2v) is 3.67. The lowest BCUT2D eigenvalue weighted by molar-refractivity contribution is -0.148. The lowest BCUT2D eigenvalue weighted by Gasteiger charge is -2.09. The lowest BCUT2D eigenvalue weighted by atomic mass is 10.1. The number of hydrogen-bond acceptors (Lipinski definition) is 3. The summed E-state index contributed by atoms with van der Waals surface area (Å²) in [6.07, 6.45) is -1.71. The van der Waals surface area contributed by atoms with E-state index in [1.54, 1.807) is 24.3 Å². The van der Waals surface area contributed by atoms with E-state index < -0.39 is 18.8 Å². The summed E-state index contributed by atoms with van der Waals surface area (Å²) in [5.41, 5.74) is 0.650. The van der Waals surface area contributed by atoms with Gasteiger partial charge in [0, 0.05) is 15.6 Å². The molecule has 3 atom stereocenters. The predicted molar refractivity (Wildman–Crippen MR) is 60.1 cm³/mol. The van der Waals surface area contributed by atoms with E-state index >= 15 is 0 Å². The Kier molecular flexibility index (Phi) is 3.10. The van der Waals surface area contributed by atoms with Crippen LogP contribution in [-0.4, -0.2) is 25.3 Å². The summed E-state index contributed by atoms with van der Waals surface area (Å²) < 4.78 is 25.9. The molecular formula is C13H16O3. The molecule has 1 heterocycles. The first-order chi connectivity index (χ1) is 8.68. The quantitative estimate of drug-likeness (QED) is 0.730. The maximum atomic E-state index is 11.7. The highest BCUT2D eigenvalue weighted by atomic mass is 16.6. The van der Waals surface area contributed by atoms with Crippen LogP contribution in [0.5, 0.6) is 0 Å². The van der Waals surface area contributed by atoms with Crippen molar-refractivity contribution >= 4 is 5.97 Å². The van der Waals surface area contributed by atoms with E-state index in [1.165, 1.54) is 0 Å². The zero-order valence-electron chi connectivity index (χ0n) is 11.0. The number of hydrogen-bond donors (Lipinski definition) is 0. The molecule has 3 nitrogen and oxygen atoms in total. The Labute approximate surface area is 98.2 Å². The first-order valence-electron chi connectivity index (χ1n) is 6.51. The molecule has 1 fully saturated rings. The van der Waals surface area contributed by atoms with Crippen LogP contribution >= 0.6 is 0 Å². The number of carbonyl (C=O) groups is 1. The standard InChI is InChI=1S/C13H16O3/c14-13(16-12-8-9-15-10-12)7-6-11-4-2-1-3-5-11/h1-5,12H,6-10H2/i6D,7D. The van der Waals surface area contributed by atoms with E-state index in [2.05, 4.69) is 0 Å². The summed E-state index contributed by atoms with van der Waals surface area (Å²) in [6.45, 7) is 0.982. The van der Waals surface area contributed by atoms with Gasteiger partial charge in [0.25, 0.3) is 0 Å². The number of carbonyl (C=O) groups excluding carboxylic acids is 1. The first-order valence-corrected chi connectivity index (χ1v) is 5.36. The highest BCUT2D eigenvalue weighted by Crippen LogP contribution is 2.10. The van der Waals surface area contributed by atoms with Gasteiger partial charge in [-0.3, -0.25) is 4.79 Å². The summed E-state index contributed by atoms with van der Waals surface area (Å²) in [5, 5.41) is 0. The number of esters is 1. The van der Waals surface area contributed by atoms with Crippen molar-refractivity contribution in [2.75, 3.05) is 13.2 Å². The molecule has 0 bridgehead atoms. The SMILES string of the molecule is [2H]C(C(=O)OC1CCOC1)C([2H])c1ccccc1. The number of rotatable bonds is 4. The largest absolute Gasteiger partial charge is 0.460 e. The summed E-state index contributed by atoms with van der Waals surface area (Å²) in [6, 6.07) is 8.90. The van der Waals surface area contributed by atoms with Crippen LogP contribution in [0.15, 0.2) is 30.3 Å². The van der Waals surface area contributed by atoms with E-state index in [9.17, 15) is 4.79 Å². The second-order valence-electron chi connectivity index (χ2n) is 3.67. The van der Waals surface area contributed by atoms with Crippen molar-refractivity contribution in [3.63, 3.8) is 0 Å². The molecule has 0 aliphatic carbocycles. The van der Waals surface area contributed by atoms with Crippen molar-refractivity contribution in [2.24, 2.45) is 0 Å². The van der Waals surface area contributed by atoms with Gasteiger partial charge in [-0.1, -0.05) is 30.3 Å². The van der Waals surface area contributed by atoms with Crippen molar-refractivity contribution in [1.29, 1.82) is 0 Å². The number of ether oxygens (including phenoxy) is 2. The summed E-state index contributed by atoms with van der Waals surface area (Å²) in [4.78, 5) is 11.7. The number of aryl methyl sites for hydroxylation is 1. The molecule has 0 saturated carbocycles. The molecule has 0 aromatic heterocycles. The van der Waals surface area contributed by atoms with E-state index in [1.807, 2.05) is 6.07 Å². The van der Waals surface area contributed by atoms with E-state index in [0.717, 1.165) is 0 Å². The Morgan fingerprint density at radius 1 is 1.50 bits per heavy atom. The average Bonchev–Trinajstić information content (AvgIpc) is 2.91. The number of benzene rings is 1. The molecule has 0 N–H and O–H groups in total. The lowest BCUT2D eigenvalue weighted by Crippen LogP contribution is -2.18.